The van der Waals surface area contributed by atoms with Crippen molar-refractivity contribution in [1.29, 1.82) is 0 Å². The molecular weight excluding hydrogens is 164 g/mol. The SMILES string of the molecule is OC(O)O.OCCCCCCO. The van der Waals surface area contributed by atoms with Crippen LogP contribution in [-0.2, 0) is 0 Å². The van der Waals surface area contributed by atoms with Crippen molar-refractivity contribution in [2.45, 2.75) is 32.2 Å². The molecule has 0 saturated heterocycles. The fourth-order valence-electron chi connectivity index (χ4n) is 0.577. The molecule has 5 heteroatoms. The molecule has 0 aliphatic heterocycles. The number of rotatable bonds is 5. The summed E-state index contributed by atoms with van der Waals surface area (Å²) >= 11 is 0. The summed E-state index contributed by atoms with van der Waals surface area (Å²) < 4.78 is 0. The van der Waals surface area contributed by atoms with Crippen LogP contribution in [0.1, 0.15) is 25.7 Å². The molecule has 12 heavy (non-hydrogen) atoms. The summed E-state index contributed by atoms with van der Waals surface area (Å²) in [5, 5.41) is 38.1. The number of aliphatic hydroxyl groups is 5. The molecule has 0 amide bonds. The number of hydrogen-bond acceptors (Lipinski definition) is 5. The summed E-state index contributed by atoms with van der Waals surface area (Å²) in [4.78, 5) is 0. The Balaban J connectivity index is 0. The van der Waals surface area contributed by atoms with Gasteiger partial charge in [-0.15, -0.1) is 0 Å². The van der Waals surface area contributed by atoms with Gasteiger partial charge in [0.2, 0.25) is 0 Å². The van der Waals surface area contributed by atoms with E-state index in [0.717, 1.165) is 25.7 Å². The molecule has 0 saturated carbocycles. The maximum atomic E-state index is 8.30. The first kappa shape index (κ1) is 14.3. The Morgan fingerprint density at radius 2 is 0.917 bits per heavy atom. The highest BCUT2D eigenvalue weighted by Gasteiger charge is 1.84. The van der Waals surface area contributed by atoms with Crippen LogP contribution < -0.4 is 0 Å². The second-order valence-corrected chi connectivity index (χ2v) is 2.21. The van der Waals surface area contributed by atoms with Gasteiger partial charge in [0, 0.05) is 13.2 Å². The summed E-state index contributed by atoms with van der Waals surface area (Å²) in [5.74, 6) is 0. The van der Waals surface area contributed by atoms with Crippen molar-refractivity contribution in [1.82, 2.24) is 0 Å². The minimum absolute atomic E-state index is 0.283. The second kappa shape index (κ2) is 13.4. The highest BCUT2D eigenvalue weighted by molar-refractivity contribution is 4.39. The molecule has 0 aromatic heterocycles. The minimum atomic E-state index is -2.17. The molecule has 5 nitrogen and oxygen atoms in total. The zero-order chi connectivity index (χ0) is 9.82. The van der Waals surface area contributed by atoms with E-state index >= 15 is 0 Å². The summed E-state index contributed by atoms with van der Waals surface area (Å²) in [6.45, 7) is -1.60. The van der Waals surface area contributed by atoms with E-state index in [2.05, 4.69) is 0 Å². The van der Waals surface area contributed by atoms with E-state index in [-0.39, 0.29) is 13.2 Å². The molecule has 0 fully saturated rings. The fraction of sp³-hybridized carbons (Fsp3) is 1.00. The van der Waals surface area contributed by atoms with Crippen LogP contribution in [-0.4, -0.2) is 45.2 Å². The van der Waals surface area contributed by atoms with Gasteiger partial charge in [-0.3, -0.25) is 0 Å². The topological polar surface area (TPSA) is 101 Å². The molecule has 0 aliphatic rings. The van der Waals surface area contributed by atoms with E-state index in [4.69, 9.17) is 25.5 Å². The van der Waals surface area contributed by atoms with Crippen molar-refractivity contribution in [3.8, 4) is 0 Å². The molecule has 0 unspecified atom stereocenters. The maximum absolute atomic E-state index is 8.30. The number of aliphatic hydroxyl groups excluding tert-OH is 3. The Labute approximate surface area is 71.9 Å². The number of unbranched alkanes of at least 4 members (excludes halogenated alkanes) is 3. The van der Waals surface area contributed by atoms with Crippen LogP contribution in [0, 0.1) is 0 Å². The van der Waals surface area contributed by atoms with Crippen LogP contribution in [0.4, 0.5) is 0 Å². The van der Waals surface area contributed by atoms with Gasteiger partial charge < -0.3 is 25.5 Å². The van der Waals surface area contributed by atoms with Crippen LogP contribution in [0.3, 0.4) is 0 Å². The summed E-state index contributed by atoms with van der Waals surface area (Å²) in [5.41, 5.74) is 0. The first-order valence-corrected chi connectivity index (χ1v) is 3.91. The second-order valence-electron chi connectivity index (χ2n) is 2.21. The average molecular weight is 182 g/mol. The lowest BCUT2D eigenvalue weighted by Crippen LogP contribution is -1.98. The quantitative estimate of drug-likeness (QED) is 0.271. The van der Waals surface area contributed by atoms with E-state index < -0.39 is 6.48 Å². The lowest BCUT2D eigenvalue weighted by Gasteiger charge is -1.93. The Morgan fingerprint density at radius 1 is 0.667 bits per heavy atom. The molecule has 76 valence electrons. The Bertz CT molecular complexity index is 58.1. The highest BCUT2D eigenvalue weighted by atomic mass is 16.6. The molecule has 0 atom stereocenters. The molecule has 0 aliphatic carbocycles. The largest absolute Gasteiger partial charge is 0.396 e. The molecular formula is C7H18O5. The zero-order valence-corrected chi connectivity index (χ0v) is 7.06. The monoisotopic (exact) mass is 182 g/mol. The predicted octanol–water partition coefficient (Wildman–Crippen LogP) is -1.22. The van der Waals surface area contributed by atoms with Crippen molar-refractivity contribution in [2.75, 3.05) is 13.2 Å². The smallest absolute Gasteiger partial charge is 0.263 e. The van der Waals surface area contributed by atoms with E-state index in [9.17, 15) is 0 Å². The van der Waals surface area contributed by atoms with Crippen molar-refractivity contribution in [3.63, 3.8) is 0 Å². The van der Waals surface area contributed by atoms with E-state index in [0.29, 0.717) is 0 Å². The Kier molecular flexibility index (Phi) is 16.0. The molecule has 0 radical (unpaired) electrons. The van der Waals surface area contributed by atoms with Gasteiger partial charge in [0.05, 0.1) is 0 Å². The van der Waals surface area contributed by atoms with Gasteiger partial charge in [-0.1, -0.05) is 12.8 Å². The minimum Gasteiger partial charge on any atom is -0.396 e. The van der Waals surface area contributed by atoms with Gasteiger partial charge in [-0.2, -0.15) is 0 Å². The molecule has 0 heterocycles. The van der Waals surface area contributed by atoms with Gasteiger partial charge in [0.1, 0.15) is 0 Å². The van der Waals surface area contributed by atoms with Crippen molar-refractivity contribution in [2.24, 2.45) is 0 Å². The van der Waals surface area contributed by atoms with Crippen molar-refractivity contribution in [3.05, 3.63) is 0 Å². The molecule has 0 rings (SSSR count). The first-order valence-electron chi connectivity index (χ1n) is 3.91. The van der Waals surface area contributed by atoms with Crippen LogP contribution in [0.15, 0.2) is 0 Å². The third-order valence-electron chi connectivity index (χ3n) is 1.07. The predicted molar refractivity (Wildman–Crippen MR) is 43.1 cm³/mol. The van der Waals surface area contributed by atoms with E-state index in [1.165, 1.54) is 0 Å². The molecule has 0 bridgehead atoms. The van der Waals surface area contributed by atoms with Crippen molar-refractivity contribution < 1.29 is 25.5 Å². The molecule has 0 spiro atoms. The third-order valence-corrected chi connectivity index (χ3v) is 1.07. The Hall–Kier alpha value is -0.200. The standard InChI is InChI=1S/C6H14O2.CH4O3/c7-5-3-1-2-4-6-8;2-1(3)4/h7-8H,1-6H2;1-4H. The molecule has 0 aromatic rings. The molecule has 5 N–H and O–H groups in total. The van der Waals surface area contributed by atoms with Crippen LogP contribution in [0.25, 0.3) is 0 Å². The van der Waals surface area contributed by atoms with Gasteiger partial charge in [0.25, 0.3) is 6.48 Å². The summed E-state index contributed by atoms with van der Waals surface area (Å²) in [6, 6.07) is 0. The average Bonchev–Trinajstić information content (AvgIpc) is 1.97. The zero-order valence-electron chi connectivity index (χ0n) is 7.06. The van der Waals surface area contributed by atoms with E-state index in [1.54, 1.807) is 0 Å². The Morgan fingerprint density at radius 3 is 1.08 bits per heavy atom. The number of hydrogen-bond donors (Lipinski definition) is 5. The van der Waals surface area contributed by atoms with Gasteiger partial charge >= 0.3 is 0 Å². The highest BCUT2D eigenvalue weighted by Crippen LogP contribution is 1.96. The van der Waals surface area contributed by atoms with Crippen LogP contribution in [0.5, 0.6) is 0 Å². The van der Waals surface area contributed by atoms with Gasteiger partial charge in [0.15, 0.2) is 0 Å². The third kappa shape index (κ3) is 32.9. The van der Waals surface area contributed by atoms with Gasteiger partial charge in [-0.05, 0) is 12.8 Å². The van der Waals surface area contributed by atoms with Crippen LogP contribution in [0.2, 0.25) is 0 Å². The van der Waals surface area contributed by atoms with Crippen molar-refractivity contribution >= 4 is 0 Å². The summed E-state index contributed by atoms with van der Waals surface area (Å²) in [7, 11) is 0. The van der Waals surface area contributed by atoms with E-state index in [1.807, 2.05) is 0 Å². The van der Waals surface area contributed by atoms with Gasteiger partial charge in [-0.25, -0.2) is 0 Å². The maximum Gasteiger partial charge on any atom is 0.263 e. The first-order chi connectivity index (χ1) is 5.65. The molecule has 0 aromatic carbocycles. The fourth-order valence-corrected chi connectivity index (χ4v) is 0.577. The van der Waals surface area contributed by atoms with Crippen LogP contribution >= 0.6 is 0 Å². The lowest BCUT2D eigenvalue weighted by molar-refractivity contribution is -0.198. The normalized spacial score (nSPS) is 9.50. The lowest BCUT2D eigenvalue weighted by atomic mass is 10.2. The summed E-state index contributed by atoms with van der Waals surface area (Å²) in [6.07, 6.45) is 3.83.